The molecule has 0 spiro atoms. The van der Waals surface area contributed by atoms with Gasteiger partial charge in [-0.1, -0.05) is 30.3 Å². The van der Waals surface area contributed by atoms with Crippen molar-refractivity contribution in [2.24, 2.45) is 11.5 Å². The van der Waals surface area contributed by atoms with Crippen molar-refractivity contribution in [2.75, 3.05) is 6.61 Å². The van der Waals surface area contributed by atoms with E-state index in [-0.39, 0.29) is 19.3 Å². The van der Waals surface area contributed by atoms with Gasteiger partial charge in [-0.3, -0.25) is 19.2 Å². The lowest BCUT2D eigenvalue weighted by molar-refractivity contribution is -0.143. The first-order valence-corrected chi connectivity index (χ1v) is 10.5. The third-order valence-electron chi connectivity index (χ3n) is 4.81. The second-order valence-corrected chi connectivity index (χ2v) is 7.67. The number of hydrogen-bond acceptors (Lipinski definition) is 8. The highest BCUT2D eigenvalue weighted by atomic mass is 16.4. The Balaban J connectivity index is 2.96. The van der Waals surface area contributed by atoms with Gasteiger partial charge in [0.2, 0.25) is 23.6 Å². The summed E-state index contributed by atoms with van der Waals surface area (Å²) in [5.41, 5.74) is 11.2. The summed E-state index contributed by atoms with van der Waals surface area (Å²) in [6.45, 7) is 0.503. The molecule has 0 aromatic heterocycles. The molecular formula is C21H31N5O8. The van der Waals surface area contributed by atoms with Gasteiger partial charge >= 0.3 is 5.97 Å². The van der Waals surface area contributed by atoms with Gasteiger partial charge in [0.15, 0.2) is 0 Å². The molecule has 5 atom stereocenters. The molecule has 10 N–H and O–H groups in total. The van der Waals surface area contributed by atoms with E-state index < -0.39 is 66.5 Å². The van der Waals surface area contributed by atoms with Crippen molar-refractivity contribution >= 4 is 29.6 Å². The molecule has 0 heterocycles. The van der Waals surface area contributed by atoms with Crippen LogP contribution in [0.2, 0.25) is 0 Å². The van der Waals surface area contributed by atoms with Gasteiger partial charge < -0.3 is 42.7 Å². The smallest absolute Gasteiger partial charge is 0.326 e. The van der Waals surface area contributed by atoms with Crippen LogP contribution in [0.5, 0.6) is 0 Å². The van der Waals surface area contributed by atoms with E-state index >= 15 is 0 Å². The van der Waals surface area contributed by atoms with E-state index in [4.69, 9.17) is 16.6 Å². The van der Waals surface area contributed by atoms with Crippen LogP contribution in [0, 0.1) is 0 Å². The number of hydrogen-bond donors (Lipinski definition) is 8. The van der Waals surface area contributed by atoms with Crippen molar-refractivity contribution in [3.8, 4) is 0 Å². The number of aliphatic carboxylic acids is 1. The van der Waals surface area contributed by atoms with Crippen molar-refractivity contribution in [2.45, 2.75) is 56.5 Å². The first kappa shape index (κ1) is 28.5. The summed E-state index contributed by atoms with van der Waals surface area (Å²) in [5.74, 6) is -4.89. The average Bonchev–Trinajstić information content (AvgIpc) is 2.78. The number of carboxylic acids is 1. The van der Waals surface area contributed by atoms with Gasteiger partial charge in [0.1, 0.15) is 24.2 Å². The Labute approximate surface area is 195 Å². The maximum atomic E-state index is 12.7. The Morgan fingerprint density at radius 1 is 0.941 bits per heavy atom. The zero-order valence-corrected chi connectivity index (χ0v) is 18.6. The molecule has 13 heteroatoms. The molecular weight excluding hydrogens is 450 g/mol. The Morgan fingerprint density at radius 3 is 2.03 bits per heavy atom. The van der Waals surface area contributed by atoms with E-state index in [1.807, 2.05) is 0 Å². The summed E-state index contributed by atoms with van der Waals surface area (Å²) in [7, 11) is 0. The molecule has 0 aliphatic carbocycles. The predicted molar refractivity (Wildman–Crippen MR) is 119 cm³/mol. The number of carbonyl (C=O) groups excluding carboxylic acids is 4. The van der Waals surface area contributed by atoms with E-state index in [1.165, 1.54) is 6.92 Å². The summed E-state index contributed by atoms with van der Waals surface area (Å²) < 4.78 is 0. The molecule has 34 heavy (non-hydrogen) atoms. The van der Waals surface area contributed by atoms with Crippen LogP contribution in [0.4, 0.5) is 0 Å². The number of aliphatic hydroxyl groups excluding tert-OH is 2. The number of nitrogens with two attached hydrogens (primary N) is 2. The molecule has 0 saturated heterocycles. The fourth-order valence-electron chi connectivity index (χ4n) is 2.89. The van der Waals surface area contributed by atoms with Crippen LogP contribution in [-0.4, -0.2) is 81.8 Å². The number of primary amides is 1. The summed E-state index contributed by atoms with van der Waals surface area (Å²) in [4.78, 5) is 60.2. The fraction of sp³-hybridized carbons (Fsp3) is 0.476. The highest BCUT2D eigenvalue weighted by molar-refractivity contribution is 5.94. The van der Waals surface area contributed by atoms with E-state index in [1.54, 1.807) is 30.3 Å². The average molecular weight is 482 g/mol. The Kier molecular flexibility index (Phi) is 11.6. The zero-order chi connectivity index (χ0) is 25.8. The number of carbonyl (C=O) groups is 5. The number of benzene rings is 1. The van der Waals surface area contributed by atoms with Crippen molar-refractivity contribution in [1.82, 2.24) is 16.0 Å². The van der Waals surface area contributed by atoms with Crippen LogP contribution in [0.25, 0.3) is 0 Å². The first-order valence-electron chi connectivity index (χ1n) is 10.5. The van der Waals surface area contributed by atoms with Gasteiger partial charge in [0.25, 0.3) is 0 Å². The number of nitrogens with one attached hydrogen (secondary N) is 3. The van der Waals surface area contributed by atoms with Crippen LogP contribution in [0.3, 0.4) is 0 Å². The minimum Gasteiger partial charge on any atom is -0.480 e. The Hall–Kier alpha value is -3.55. The monoisotopic (exact) mass is 481 g/mol. The van der Waals surface area contributed by atoms with E-state index in [0.29, 0.717) is 5.56 Å². The summed E-state index contributed by atoms with van der Waals surface area (Å²) in [5, 5.41) is 35.3. The van der Waals surface area contributed by atoms with E-state index in [0.717, 1.165) is 0 Å². The number of rotatable bonds is 14. The fourth-order valence-corrected chi connectivity index (χ4v) is 2.89. The van der Waals surface area contributed by atoms with Crippen molar-refractivity contribution in [3.05, 3.63) is 35.9 Å². The number of carboxylic acid groups (broad SMARTS) is 1. The molecule has 0 bridgehead atoms. The SMILES string of the molecule is CC(O)C(NC(=O)C(CCC(N)=O)NC(=O)C(N)CO)C(=O)NC(Cc1ccccc1)C(=O)O. The maximum Gasteiger partial charge on any atom is 0.326 e. The second kappa shape index (κ2) is 13.9. The van der Waals surface area contributed by atoms with Crippen LogP contribution < -0.4 is 27.4 Å². The summed E-state index contributed by atoms with van der Waals surface area (Å²) >= 11 is 0. The van der Waals surface area contributed by atoms with Gasteiger partial charge in [-0.15, -0.1) is 0 Å². The molecule has 0 radical (unpaired) electrons. The Bertz CT molecular complexity index is 864. The largest absolute Gasteiger partial charge is 0.480 e. The highest BCUT2D eigenvalue weighted by Gasteiger charge is 2.32. The lowest BCUT2D eigenvalue weighted by Gasteiger charge is -2.26. The molecule has 4 amide bonds. The quantitative estimate of drug-likeness (QED) is 0.133. The molecule has 0 aliphatic rings. The van der Waals surface area contributed by atoms with Crippen molar-refractivity contribution in [1.29, 1.82) is 0 Å². The molecule has 1 aromatic rings. The van der Waals surface area contributed by atoms with Crippen LogP contribution >= 0.6 is 0 Å². The lowest BCUT2D eigenvalue weighted by atomic mass is 10.0. The third kappa shape index (κ3) is 9.52. The van der Waals surface area contributed by atoms with Gasteiger partial charge in [0.05, 0.1) is 12.7 Å². The first-order chi connectivity index (χ1) is 16.0. The minimum absolute atomic E-state index is 0.0429. The molecule has 5 unspecified atom stereocenters. The molecule has 0 saturated carbocycles. The number of aliphatic hydroxyl groups is 2. The minimum atomic E-state index is -1.58. The second-order valence-electron chi connectivity index (χ2n) is 7.67. The molecule has 1 aromatic carbocycles. The van der Waals surface area contributed by atoms with Crippen molar-refractivity contribution in [3.63, 3.8) is 0 Å². The highest BCUT2D eigenvalue weighted by Crippen LogP contribution is 2.06. The van der Waals surface area contributed by atoms with Gasteiger partial charge in [-0.25, -0.2) is 4.79 Å². The molecule has 0 aliphatic heterocycles. The molecule has 188 valence electrons. The topological polar surface area (TPSA) is 234 Å². The van der Waals surface area contributed by atoms with Gasteiger partial charge in [-0.05, 0) is 18.9 Å². The predicted octanol–water partition coefficient (Wildman–Crippen LogP) is -3.27. The third-order valence-corrected chi connectivity index (χ3v) is 4.81. The van der Waals surface area contributed by atoms with E-state index in [9.17, 15) is 34.2 Å². The lowest BCUT2D eigenvalue weighted by Crippen LogP contribution is -2.60. The van der Waals surface area contributed by atoms with Gasteiger partial charge in [0, 0.05) is 12.8 Å². The summed E-state index contributed by atoms with van der Waals surface area (Å²) in [6, 6.07) is 2.89. The zero-order valence-electron chi connectivity index (χ0n) is 18.6. The summed E-state index contributed by atoms with van der Waals surface area (Å²) in [6.07, 6.45) is -2.03. The Morgan fingerprint density at radius 2 is 1.53 bits per heavy atom. The van der Waals surface area contributed by atoms with Crippen LogP contribution in [0.15, 0.2) is 30.3 Å². The molecule has 0 fully saturated rings. The molecule has 1 rings (SSSR count). The number of amides is 4. The van der Waals surface area contributed by atoms with Crippen LogP contribution in [-0.2, 0) is 30.4 Å². The van der Waals surface area contributed by atoms with Crippen LogP contribution in [0.1, 0.15) is 25.3 Å². The normalized spacial score (nSPS) is 15.2. The maximum absolute atomic E-state index is 12.7. The van der Waals surface area contributed by atoms with Crippen molar-refractivity contribution < 1.29 is 39.3 Å². The standard InChI is InChI=1S/C21H31N5O8/c1-11(28)17(20(32)25-15(21(33)34)9-12-5-3-2-4-6-12)26-19(31)14(7-8-16(23)29)24-18(30)13(22)10-27/h2-6,11,13-15,17,27-28H,7-10,22H2,1H3,(H2,23,29)(H,24,30)(H,25,32)(H,26,31)(H,33,34). The van der Waals surface area contributed by atoms with E-state index in [2.05, 4.69) is 16.0 Å². The van der Waals surface area contributed by atoms with Gasteiger partial charge in [-0.2, -0.15) is 0 Å². The molecule has 13 nitrogen and oxygen atoms in total.